The molecule has 0 bridgehead atoms. The number of amides is 3. The summed E-state index contributed by atoms with van der Waals surface area (Å²) in [7, 11) is 0. The molecule has 2 rings (SSSR count). The Kier molecular flexibility index (Phi) is 4.40. The molecule has 2 fully saturated rings. The first-order valence-corrected chi connectivity index (χ1v) is 7.16. The number of hydrogen-bond acceptors (Lipinski definition) is 3. The van der Waals surface area contributed by atoms with E-state index >= 15 is 0 Å². The van der Waals surface area contributed by atoms with E-state index < -0.39 is 11.9 Å². The van der Waals surface area contributed by atoms with E-state index in [2.05, 4.69) is 11.9 Å². The van der Waals surface area contributed by atoms with E-state index in [9.17, 15) is 14.4 Å². The van der Waals surface area contributed by atoms with Crippen LogP contribution in [0.5, 0.6) is 0 Å². The predicted molar refractivity (Wildman–Crippen MR) is 79.2 cm³/mol. The minimum atomic E-state index is -0.576. The Labute approximate surface area is 124 Å². The third kappa shape index (κ3) is 2.96. The summed E-state index contributed by atoms with van der Waals surface area (Å²) >= 11 is 0. The van der Waals surface area contributed by atoms with E-state index in [1.54, 1.807) is 0 Å². The van der Waals surface area contributed by atoms with Gasteiger partial charge in [-0.1, -0.05) is 25.7 Å². The number of piperidine rings is 1. The number of imide groups is 1. The zero-order valence-corrected chi connectivity index (χ0v) is 12.4. The summed E-state index contributed by atoms with van der Waals surface area (Å²) in [6, 6.07) is -0.576. The first kappa shape index (κ1) is 15.2. The summed E-state index contributed by atoms with van der Waals surface area (Å²) < 4.78 is 0. The lowest BCUT2D eigenvalue weighted by Gasteiger charge is -2.28. The van der Waals surface area contributed by atoms with Crippen molar-refractivity contribution in [3.63, 3.8) is 0 Å². The second kappa shape index (κ2) is 6.08. The number of carbonyl (C=O) groups excluding carboxylic acids is 3. The van der Waals surface area contributed by atoms with E-state index in [0.29, 0.717) is 18.5 Å². The van der Waals surface area contributed by atoms with Crippen LogP contribution >= 0.6 is 0 Å². The molecule has 5 nitrogen and oxygen atoms in total. The third-order valence-electron chi connectivity index (χ3n) is 3.77. The van der Waals surface area contributed by atoms with Gasteiger partial charge in [-0.3, -0.25) is 19.7 Å². The van der Waals surface area contributed by atoms with Crippen LogP contribution in [0, 0.1) is 0 Å². The second-order valence-corrected chi connectivity index (χ2v) is 5.37. The molecule has 3 amide bonds. The fourth-order valence-corrected chi connectivity index (χ4v) is 2.71. The van der Waals surface area contributed by atoms with Crippen LogP contribution in [0.25, 0.3) is 0 Å². The second-order valence-electron chi connectivity index (χ2n) is 5.37. The van der Waals surface area contributed by atoms with Crippen LogP contribution in [0.4, 0.5) is 0 Å². The molecule has 112 valence electrons. The lowest BCUT2D eigenvalue weighted by Crippen LogP contribution is -2.52. The van der Waals surface area contributed by atoms with Gasteiger partial charge in [-0.25, -0.2) is 0 Å². The Morgan fingerprint density at radius 3 is 2.76 bits per heavy atom. The summed E-state index contributed by atoms with van der Waals surface area (Å²) in [5.41, 5.74) is 2.17. The maximum atomic E-state index is 12.6. The highest BCUT2D eigenvalue weighted by atomic mass is 16.2. The van der Waals surface area contributed by atoms with Crippen molar-refractivity contribution < 1.29 is 14.4 Å². The molecule has 0 radical (unpaired) electrons. The summed E-state index contributed by atoms with van der Waals surface area (Å²) in [5.74, 6) is -0.845. The van der Waals surface area contributed by atoms with Crippen molar-refractivity contribution in [3.05, 3.63) is 35.5 Å². The normalized spacial score (nSPS) is 25.8. The molecule has 2 saturated heterocycles. The van der Waals surface area contributed by atoms with Crippen LogP contribution in [0.1, 0.15) is 33.1 Å². The zero-order chi connectivity index (χ0) is 15.6. The van der Waals surface area contributed by atoms with Crippen LogP contribution in [-0.2, 0) is 14.4 Å². The van der Waals surface area contributed by atoms with Gasteiger partial charge in [0.1, 0.15) is 6.04 Å². The van der Waals surface area contributed by atoms with Crippen LogP contribution in [0.15, 0.2) is 35.5 Å². The molecule has 1 N–H and O–H groups in total. The summed E-state index contributed by atoms with van der Waals surface area (Å²) in [4.78, 5) is 37.2. The standard InChI is InChI=1S/C16H20N2O3/c1-4-5-6-10(2)14-11(3)9-18(16(14)21)12-7-8-13(19)17-15(12)20/h5-6,12H,3-4,7-9H2,1-2H3,(H,17,19,20)/b6-5-,14-10+. The molecule has 1 atom stereocenters. The number of hydrogen-bond donors (Lipinski definition) is 1. The number of nitrogens with zero attached hydrogens (tertiary/aromatic N) is 1. The number of rotatable bonds is 3. The quantitative estimate of drug-likeness (QED) is 0.632. The Hall–Kier alpha value is -2.17. The Morgan fingerprint density at radius 1 is 1.43 bits per heavy atom. The molecule has 2 aliphatic heterocycles. The number of allylic oxidation sites excluding steroid dienone is 3. The van der Waals surface area contributed by atoms with Crippen molar-refractivity contribution in [2.75, 3.05) is 6.54 Å². The molecule has 5 heteroatoms. The van der Waals surface area contributed by atoms with E-state index in [-0.39, 0.29) is 18.2 Å². The summed E-state index contributed by atoms with van der Waals surface area (Å²) in [6.45, 7) is 8.19. The Morgan fingerprint density at radius 2 is 2.14 bits per heavy atom. The van der Waals surface area contributed by atoms with E-state index in [1.165, 1.54) is 4.90 Å². The third-order valence-corrected chi connectivity index (χ3v) is 3.77. The van der Waals surface area contributed by atoms with Gasteiger partial charge in [-0.2, -0.15) is 0 Å². The average Bonchev–Trinajstić information content (AvgIpc) is 2.71. The average molecular weight is 288 g/mol. The van der Waals surface area contributed by atoms with Crippen LogP contribution in [-0.4, -0.2) is 35.2 Å². The Balaban J connectivity index is 2.24. The molecule has 2 aliphatic rings. The van der Waals surface area contributed by atoms with Gasteiger partial charge < -0.3 is 4.90 Å². The SMILES string of the molecule is C=C1CN(C2CCC(=O)NC2=O)C(=O)/C1=C(C)/C=C\CC. The van der Waals surface area contributed by atoms with Gasteiger partial charge in [0.25, 0.3) is 5.91 Å². The van der Waals surface area contributed by atoms with Gasteiger partial charge in [0, 0.05) is 18.5 Å². The van der Waals surface area contributed by atoms with Crippen molar-refractivity contribution in [2.24, 2.45) is 0 Å². The van der Waals surface area contributed by atoms with Gasteiger partial charge in [0.05, 0.1) is 0 Å². The van der Waals surface area contributed by atoms with Gasteiger partial charge >= 0.3 is 0 Å². The summed E-state index contributed by atoms with van der Waals surface area (Å²) in [6.07, 6.45) is 5.42. The van der Waals surface area contributed by atoms with Gasteiger partial charge in [0.15, 0.2) is 0 Å². The molecular formula is C16H20N2O3. The molecule has 0 saturated carbocycles. The minimum Gasteiger partial charge on any atom is -0.322 e. The van der Waals surface area contributed by atoms with Crippen molar-refractivity contribution in [1.82, 2.24) is 10.2 Å². The van der Waals surface area contributed by atoms with Crippen molar-refractivity contribution >= 4 is 17.7 Å². The van der Waals surface area contributed by atoms with Crippen LogP contribution in [0.2, 0.25) is 0 Å². The van der Waals surface area contributed by atoms with E-state index in [4.69, 9.17) is 0 Å². The molecule has 0 aromatic carbocycles. The van der Waals surface area contributed by atoms with Crippen molar-refractivity contribution in [2.45, 2.75) is 39.2 Å². The predicted octanol–water partition coefficient (Wildman–Crippen LogP) is 1.47. The first-order valence-electron chi connectivity index (χ1n) is 7.16. The highest BCUT2D eigenvalue weighted by Gasteiger charge is 2.40. The molecule has 0 spiro atoms. The largest absolute Gasteiger partial charge is 0.322 e. The smallest absolute Gasteiger partial charge is 0.255 e. The highest BCUT2D eigenvalue weighted by molar-refractivity contribution is 6.07. The van der Waals surface area contributed by atoms with E-state index in [0.717, 1.165) is 17.6 Å². The van der Waals surface area contributed by atoms with Gasteiger partial charge in [-0.15, -0.1) is 0 Å². The molecule has 0 aliphatic carbocycles. The lowest BCUT2D eigenvalue weighted by atomic mass is 10.0. The van der Waals surface area contributed by atoms with Crippen LogP contribution in [0.3, 0.4) is 0 Å². The highest BCUT2D eigenvalue weighted by Crippen LogP contribution is 2.29. The molecule has 21 heavy (non-hydrogen) atoms. The van der Waals surface area contributed by atoms with Crippen LogP contribution < -0.4 is 5.32 Å². The summed E-state index contributed by atoms with van der Waals surface area (Å²) in [5, 5.41) is 2.29. The molecule has 0 aromatic rings. The van der Waals surface area contributed by atoms with Crippen molar-refractivity contribution in [1.29, 1.82) is 0 Å². The number of nitrogens with one attached hydrogen (secondary N) is 1. The van der Waals surface area contributed by atoms with Gasteiger partial charge in [0.2, 0.25) is 11.8 Å². The number of carbonyl (C=O) groups is 3. The number of likely N-dealkylation sites (tertiary alicyclic amines) is 1. The fourth-order valence-electron chi connectivity index (χ4n) is 2.71. The fraction of sp³-hybridized carbons (Fsp3) is 0.438. The molecule has 2 heterocycles. The molecular weight excluding hydrogens is 268 g/mol. The van der Waals surface area contributed by atoms with Crippen molar-refractivity contribution in [3.8, 4) is 0 Å². The maximum absolute atomic E-state index is 12.6. The minimum absolute atomic E-state index is 0.173. The Bertz CT molecular complexity index is 572. The molecule has 0 aromatic heterocycles. The van der Waals surface area contributed by atoms with E-state index in [1.807, 2.05) is 26.0 Å². The topological polar surface area (TPSA) is 66.5 Å². The monoisotopic (exact) mass is 288 g/mol. The van der Waals surface area contributed by atoms with Gasteiger partial charge in [-0.05, 0) is 30.9 Å². The zero-order valence-electron chi connectivity index (χ0n) is 12.4. The lowest BCUT2D eigenvalue weighted by molar-refractivity contribution is -0.142. The first-order chi connectivity index (χ1) is 9.95. The molecule has 1 unspecified atom stereocenters. The maximum Gasteiger partial charge on any atom is 0.255 e.